The summed E-state index contributed by atoms with van der Waals surface area (Å²) in [7, 11) is -4.60. The van der Waals surface area contributed by atoms with Crippen molar-refractivity contribution in [1.82, 2.24) is 0 Å². The average molecular weight is 262 g/mol. The van der Waals surface area contributed by atoms with E-state index in [4.69, 9.17) is 0 Å². The summed E-state index contributed by atoms with van der Waals surface area (Å²) in [6.07, 6.45) is 0.304. The fraction of sp³-hybridized carbons (Fsp3) is 0.231. The third-order valence-corrected chi connectivity index (χ3v) is 4.36. The molecule has 19 heavy (non-hydrogen) atoms. The number of fused-ring (bicyclic) bond motifs is 1. The van der Waals surface area contributed by atoms with Crippen LogP contribution in [0.25, 0.3) is 10.8 Å². The number of hydrogen-bond donors (Lipinski definition) is 0. The van der Waals surface area contributed by atoms with Gasteiger partial charge in [-0.3, -0.25) is 0 Å². The standard InChI is InChI=1S/C13H15O3P.2Li/c1-2-13(17(14,15)16)12-9-5-7-10-6-3-4-8-11(10)12;;/h3-9,13H,2H2,1H3,(H2,14,15,16);;/q;2*+1/p-2. The minimum absolute atomic E-state index is 0. The Labute approximate surface area is 137 Å². The fourth-order valence-corrected chi connectivity index (χ4v) is 3.17. The first-order chi connectivity index (χ1) is 8.04. The van der Waals surface area contributed by atoms with E-state index in [2.05, 4.69) is 0 Å². The van der Waals surface area contributed by atoms with Gasteiger partial charge in [0.15, 0.2) is 0 Å². The minimum Gasteiger partial charge on any atom is -0.810 e. The van der Waals surface area contributed by atoms with Crippen molar-refractivity contribution < 1.29 is 52.1 Å². The first-order valence-electron chi connectivity index (χ1n) is 5.53. The van der Waals surface area contributed by atoms with Crippen LogP contribution in [0.4, 0.5) is 0 Å². The quantitative estimate of drug-likeness (QED) is 0.421. The SMILES string of the molecule is CCC(c1cccc2ccccc12)P(=O)([O-])[O-].[Li+].[Li+]. The second kappa shape index (κ2) is 7.73. The van der Waals surface area contributed by atoms with E-state index < -0.39 is 13.3 Å². The third-order valence-electron chi connectivity index (χ3n) is 2.95. The van der Waals surface area contributed by atoms with Crippen molar-refractivity contribution in [2.75, 3.05) is 0 Å². The van der Waals surface area contributed by atoms with Gasteiger partial charge in [0.2, 0.25) is 0 Å². The van der Waals surface area contributed by atoms with Gasteiger partial charge in [-0.15, -0.1) is 0 Å². The zero-order valence-electron chi connectivity index (χ0n) is 11.5. The molecule has 2 aromatic rings. The maximum absolute atomic E-state index is 11.3. The summed E-state index contributed by atoms with van der Waals surface area (Å²) in [4.78, 5) is 22.6. The van der Waals surface area contributed by atoms with Crippen LogP contribution >= 0.6 is 7.60 Å². The molecule has 90 valence electrons. The Hall–Kier alpha value is 0.0448. The van der Waals surface area contributed by atoms with Crippen molar-refractivity contribution in [3.05, 3.63) is 48.0 Å². The summed E-state index contributed by atoms with van der Waals surface area (Å²) in [6, 6.07) is 12.9. The van der Waals surface area contributed by atoms with Crippen LogP contribution in [0.15, 0.2) is 42.5 Å². The molecular formula is C13H13Li2O3P. The molecule has 0 N–H and O–H groups in total. The molecule has 2 aromatic carbocycles. The molecule has 0 saturated carbocycles. The van der Waals surface area contributed by atoms with Crippen LogP contribution in [-0.2, 0) is 4.57 Å². The molecule has 0 heterocycles. The molecule has 1 unspecified atom stereocenters. The first kappa shape index (κ1) is 19.0. The van der Waals surface area contributed by atoms with E-state index in [1.54, 1.807) is 19.1 Å². The Morgan fingerprint density at radius 2 is 1.63 bits per heavy atom. The molecule has 0 fully saturated rings. The van der Waals surface area contributed by atoms with Crippen molar-refractivity contribution in [3.8, 4) is 0 Å². The Kier molecular flexibility index (Phi) is 7.75. The summed E-state index contributed by atoms with van der Waals surface area (Å²) in [5, 5.41) is 1.80. The van der Waals surface area contributed by atoms with Gasteiger partial charge in [0, 0.05) is 5.66 Å². The zero-order chi connectivity index (χ0) is 12.5. The van der Waals surface area contributed by atoms with Crippen molar-refractivity contribution in [2.45, 2.75) is 19.0 Å². The van der Waals surface area contributed by atoms with Crippen molar-refractivity contribution >= 4 is 18.4 Å². The van der Waals surface area contributed by atoms with Crippen LogP contribution in [0.3, 0.4) is 0 Å². The maximum atomic E-state index is 11.3. The summed E-state index contributed by atoms with van der Waals surface area (Å²) in [5.41, 5.74) is -0.326. The molecule has 0 aliphatic heterocycles. The van der Waals surface area contributed by atoms with Crippen molar-refractivity contribution in [2.24, 2.45) is 0 Å². The van der Waals surface area contributed by atoms with Crippen LogP contribution in [0, 0.1) is 0 Å². The Morgan fingerprint density at radius 3 is 2.21 bits per heavy atom. The molecule has 0 spiro atoms. The second-order valence-corrected chi connectivity index (χ2v) is 5.74. The first-order valence-corrected chi connectivity index (χ1v) is 7.14. The van der Waals surface area contributed by atoms with E-state index in [9.17, 15) is 14.4 Å². The number of hydrogen-bond acceptors (Lipinski definition) is 3. The van der Waals surface area contributed by atoms with E-state index in [1.165, 1.54) is 0 Å². The predicted molar refractivity (Wildman–Crippen MR) is 64.6 cm³/mol. The molecular weight excluding hydrogens is 249 g/mol. The number of rotatable bonds is 3. The Balaban J connectivity index is 0.00000162. The molecule has 0 amide bonds. The van der Waals surface area contributed by atoms with Crippen LogP contribution < -0.4 is 47.5 Å². The Bertz CT molecular complexity index is 578. The van der Waals surface area contributed by atoms with Gasteiger partial charge >= 0.3 is 37.7 Å². The van der Waals surface area contributed by atoms with Crippen LogP contribution in [0.2, 0.25) is 0 Å². The van der Waals surface area contributed by atoms with Crippen LogP contribution in [0.1, 0.15) is 24.6 Å². The van der Waals surface area contributed by atoms with Crippen LogP contribution in [0.5, 0.6) is 0 Å². The molecule has 2 rings (SSSR count). The van der Waals surface area contributed by atoms with Gasteiger partial charge in [-0.05, 0) is 22.8 Å². The minimum atomic E-state index is -4.60. The molecule has 0 aromatic heterocycles. The van der Waals surface area contributed by atoms with Crippen molar-refractivity contribution in [3.63, 3.8) is 0 Å². The summed E-state index contributed by atoms with van der Waals surface area (Å²) in [6.45, 7) is 1.72. The van der Waals surface area contributed by atoms with E-state index in [-0.39, 0.29) is 37.7 Å². The maximum Gasteiger partial charge on any atom is 1.00 e. The van der Waals surface area contributed by atoms with Crippen molar-refractivity contribution in [1.29, 1.82) is 0 Å². The Morgan fingerprint density at radius 1 is 1.05 bits per heavy atom. The van der Waals surface area contributed by atoms with E-state index in [1.807, 2.05) is 30.3 Å². The van der Waals surface area contributed by atoms with Gasteiger partial charge in [0.25, 0.3) is 0 Å². The topological polar surface area (TPSA) is 63.2 Å². The molecule has 3 nitrogen and oxygen atoms in total. The third kappa shape index (κ3) is 4.25. The van der Waals surface area contributed by atoms with E-state index in [0.29, 0.717) is 12.0 Å². The summed E-state index contributed by atoms with van der Waals surface area (Å²) in [5.74, 6) is 0. The normalized spacial score (nSPS) is 12.4. The fourth-order valence-electron chi connectivity index (χ4n) is 2.15. The van der Waals surface area contributed by atoms with Gasteiger partial charge in [0.1, 0.15) is 0 Å². The molecule has 0 aliphatic rings. The van der Waals surface area contributed by atoms with Gasteiger partial charge < -0.3 is 14.4 Å². The average Bonchev–Trinajstić information content (AvgIpc) is 2.28. The van der Waals surface area contributed by atoms with Gasteiger partial charge in [-0.1, -0.05) is 57.0 Å². The van der Waals surface area contributed by atoms with Gasteiger partial charge in [0.05, 0.1) is 0 Å². The van der Waals surface area contributed by atoms with Crippen LogP contribution in [-0.4, -0.2) is 0 Å². The monoisotopic (exact) mass is 262 g/mol. The van der Waals surface area contributed by atoms with E-state index in [0.717, 1.165) is 10.8 Å². The predicted octanol–water partition coefficient (Wildman–Crippen LogP) is -3.79. The molecule has 0 radical (unpaired) electrons. The summed E-state index contributed by atoms with van der Waals surface area (Å²) >= 11 is 0. The second-order valence-electron chi connectivity index (χ2n) is 4.03. The largest absolute Gasteiger partial charge is 1.00 e. The smallest absolute Gasteiger partial charge is 0.810 e. The van der Waals surface area contributed by atoms with Gasteiger partial charge in [-0.2, -0.15) is 0 Å². The van der Waals surface area contributed by atoms with Gasteiger partial charge in [-0.25, -0.2) is 0 Å². The molecule has 6 heteroatoms. The molecule has 0 aliphatic carbocycles. The summed E-state index contributed by atoms with van der Waals surface area (Å²) < 4.78 is 11.3. The molecule has 0 bridgehead atoms. The zero-order valence-corrected chi connectivity index (χ0v) is 12.4. The molecule has 0 saturated heterocycles. The molecule has 1 atom stereocenters. The number of benzene rings is 2. The van der Waals surface area contributed by atoms with E-state index >= 15 is 0 Å².